The lowest BCUT2D eigenvalue weighted by atomic mass is 10.1. The molecule has 0 saturated carbocycles. The van der Waals surface area contributed by atoms with Crippen molar-refractivity contribution in [2.24, 2.45) is 0 Å². The smallest absolute Gasteiger partial charge is 0.230 e. The molecule has 1 heterocycles. The molecule has 3 nitrogen and oxygen atoms in total. The second-order valence-electron chi connectivity index (χ2n) is 4.62. The van der Waals surface area contributed by atoms with E-state index < -0.39 is 0 Å². The van der Waals surface area contributed by atoms with Crippen LogP contribution in [0.1, 0.15) is 33.6 Å². The molecule has 0 spiro atoms. The molecule has 0 aromatic carbocycles. The van der Waals surface area contributed by atoms with E-state index in [2.05, 4.69) is 13.8 Å². The van der Waals surface area contributed by atoms with Gasteiger partial charge in [0.25, 0.3) is 0 Å². The summed E-state index contributed by atoms with van der Waals surface area (Å²) in [5.74, 6) is 0.911. The summed E-state index contributed by atoms with van der Waals surface area (Å²) in [5.41, 5.74) is 0. The molecule has 1 amide bonds. The zero-order valence-corrected chi connectivity index (χ0v) is 10.5. The van der Waals surface area contributed by atoms with Gasteiger partial charge in [-0.2, -0.15) is 11.8 Å². The topological polar surface area (TPSA) is 37.4 Å². The lowest BCUT2D eigenvalue weighted by molar-refractivity contribution is -0.134. The Hall–Kier alpha value is -0.510. The molecule has 86 valence electrons. The van der Waals surface area contributed by atoms with E-state index in [-0.39, 0.29) is 22.9 Å². The largest absolute Gasteiger partial charge is 0.341 e. The predicted octanol–water partition coefficient (Wildman–Crippen LogP) is 1.71. The standard InChI is InChI=1S/C11H19NO2S/c1-9(13)8-10(14)12-5-4-11(2,3)15-7-6-12/h4-8H2,1-3H3. The van der Waals surface area contributed by atoms with E-state index in [0.717, 1.165) is 25.3 Å². The molecular weight excluding hydrogens is 210 g/mol. The molecule has 0 aromatic heterocycles. The second-order valence-corrected chi connectivity index (χ2v) is 6.42. The van der Waals surface area contributed by atoms with E-state index >= 15 is 0 Å². The summed E-state index contributed by atoms with van der Waals surface area (Å²) in [4.78, 5) is 24.3. The van der Waals surface area contributed by atoms with Gasteiger partial charge in [0.15, 0.2) is 0 Å². The number of carbonyl (C=O) groups excluding carboxylic acids is 2. The molecule has 1 aliphatic heterocycles. The van der Waals surface area contributed by atoms with Crippen molar-refractivity contribution in [1.29, 1.82) is 0 Å². The van der Waals surface area contributed by atoms with Gasteiger partial charge in [-0.25, -0.2) is 0 Å². The van der Waals surface area contributed by atoms with Crippen LogP contribution in [0.2, 0.25) is 0 Å². The maximum Gasteiger partial charge on any atom is 0.230 e. The molecule has 0 bridgehead atoms. The van der Waals surface area contributed by atoms with Gasteiger partial charge < -0.3 is 4.90 Å². The molecule has 0 radical (unpaired) electrons. The van der Waals surface area contributed by atoms with Crippen molar-refractivity contribution in [2.75, 3.05) is 18.8 Å². The van der Waals surface area contributed by atoms with Crippen LogP contribution in [-0.4, -0.2) is 40.2 Å². The fourth-order valence-electron chi connectivity index (χ4n) is 1.59. The number of amides is 1. The summed E-state index contributed by atoms with van der Waals surface area (Å²) in [6.45, 7) is 7.44. The van der Waals surface area contributed by atoms with E-state index in [1.807, 2.05) is 16.7 Å². The monoisotopic (exact) mass is 229 g/mol. The fraction of sp³-hybridized carbons (Fsp3) is 0.818. The number of rotatable bonds is 2. The highest BCUT2D eigenvalue weighted by Crippen LogP contribution is 2.30. The molecule has 1 aliphatic rings. The summed E-state index contributed by atoms with van der Waals surface area (Å²) in [6.07, 6.45) is 1.06. The number of nitrogens with zero attached hydrogens (tertiary/aromatic N) is 1. The highest BCUT2D eigenvalue weighted by atomic mass is 32.2. The summed E-state index contributed by atoms with van der Waals surface area (Å²) in [7, 11) is 0. The maximum absolute atomic E-state index is 11.7. The van der Waals surface area contributed by atoms with Crippen molar-refractivity contribution >= 4 is 23.5 Å². The normalized spacial score (nSPS) is 20.9. The summed E-state index contributed by atoms with van der Waals surface area (Å²) < 4.78 is 0.255. The fourth-order valence-corrected chi connectivity index (χ4v) is 2.69. The van der Waals surface area contributed by atoms with E-state index in [4.69, 9.17) is 0 Å². The lowest BCUT2D eigenvalue weighted by Crippen LogP contribution is -2.34. The lowest BCUT2D eigenvalue weighted by Gasteiger charge is -2.22. The molecule has 4 heteroatoms. The number of hydrogen-bond donors (Lipinski definition) is 0. The highest BCUT2D eigenvalue weighted by molar-refractivity contribution is 8.00. The average Bonchev–Trinajstić information content (AvgIpc) is 2.25. The quantitative estimate of drug-likeness (QED) is 0.676. The Morgan fingerprint density at radius 1 is 1.33 bits per heavy atom. The number of hydrogen-bond acceptors (Lipinski definition) is 3. The minimum absolute atomic E-state index is 0.0131. The van der Waals surface area contributed by atoms with E-state index in [1.54, 1.807) is 0 Å². The maximum atomic E-state index is 11.7. The van der Waals surface area contributed by atoms with Crippen LogP contribution in [0.5, 0.6) is 0 Å². The van der Waals surface area contributed by atoms with Crippen molar-refractivity contribution in [2.45, 2.75) is 38.4 Å². The Morgan fingerprint density at radius 2 is 2.00 bits per heavy atom. The van der Waals surface area contributed by atoms with Gasteiger partial charge in [0.05, 0.1) is 6.42 Å². The number of Topliss-reactive ketones (excluding diaryl/α,β-unsaturated/α-hetero) is 1. The zero-order valence-electron chi connectivity index (χ0n) is 9.71. The Bertz CT molecular complexity index is 263. The van der Waals surface area contributed by atoms with Crippen LogP contribution < -0.4 is 0 Å². The first-order valence-corrected chi connectivity index (χ1v) is 6.30. The highest BCUT2D eigenvalue weighted by Gasteiger charge is 2.25. The number of ketones is 1. The molecule has 0 aromatic rings. The Kier molecular flexibility index (Phi) is 4.20. The molecular formula is C11H19NO2S. The van der Waals surface area contributed by atoms with Crippen molar-refractivity contribution in [3.63, 3.8) is 0 Å². The van der Waals surface area contributed by atoms with Crippen molar-refractivity contribution in [1.82, 2.24) is 4.90 Å². The average molecular weight is 229 g/mol. The first kappa shape index (κ1) is 12.6. The predicted molar refractivity (Wildman–Crippen MR) is 63.0 cm³/mol. The van der Waals surface area contributed by atoms with E-state index in [0.29, 0.717) is 0 Å². The second kappa shape index (κ2) is 5.01. The number of thioether (sulfide) groups is 1. The molecule has 0 aliphatic carbocycles. The Morgan fingerprint density at radius 3 is 2.60 bits per heavy atom. The first-order chi connectivity index (χ1) is 6.91. The molecule has 0 atom stereocenters. The van der Waals surface area contributed by atoms with Crippen LogP contribution in [0, 0.1) is 0 Å². The van der Waals surface area contributed by atoms with Gasteiger partial charge in [-0.05, 0) is 13.3 Å². The molecule has 1 rings (SSSR count). The van der Waals surface area contributed by atoms with Crippen LogP contribution >= 0.6 is 11.8 Å². The third kappa shape index (κ3) is 4.24. The Labute approximate surface area is 95.6 Å². The van der Waals surface area contributed by atoms with Gasteiger partial charge in [0, 0.05) is 23.6 Å². The summed E-state index contributed by atoms with van der Waals surface area (Å²) in [6, 6.07) is 0. The third-order valence-electron chi connectivity index (χ3n) is 2.59. The SMILES string of the molecule is CC(=O)CC(=O)N1CCSC(C)(C)CC1. The van der Waals surface area contributed by atoms with Crippen LogP contribution in [0.15, 0.2) is 0 Å². The van der Waals surface area contributed by atoms with Crippen molar-refractivity contribution in [3.05, 3.63) is 0 Å². The Balaban J connectivity index is 2.50. The third-order valence-corrected chi connectivity index (χ3v) is 3.96. The summed E-state index contributed by atoms with van der Waals surface area (Å²) in [5, 5.41) is 0. The van der Waals surface area contributed by atoms with Crippen LogP contribution in [0.4, 0.5) is 0 Å². The first-order valence-electron chi connectivity index (χ1n) is 5.32. The van der Waals surface area contributed by atoms with Gasteiger partial charge in [-0.15, -0.1) is 0 Å². The van der Waals surface area contributed by atoms with Gasteiger partial charge >= 0.3 is 0 Å². The molecule has 1 saturated heterocycles. The minimum atomic E-state index is -0.0452. The van der Waals surface area contributed by atoms with Crippen LogP contribution in [-0.2, 0) is 9.59 Å². The van der Waals surface area contributed by atoms with Crippen molar-refractivity contribution in [3.8, 4) is 0 Å². The molecule has 15 heavy (non-hydrogen) atoms. The molecule has 0 unspecified atom stereocenters. The minimum Gasteiger partial charge on any atom is -0.341 e. The van der Waals surface area contributed by atoms with Crippen LogP contribution in [0.25, 0.3) is 0 Å². The van der Waals surface area contributed by atoms with E-state index in [9.17, 15) is 9.59 Å². The van der Waals surface area contributed by atoms with Gasteiger partial charge in [0.1, 0.15) is 5.78 Å². The van der Waals surface area contributed by atoms with Gasteiger partial charge in [-0.3, -0.25) is 9.59 Å². The molecule has 0 N–H and O–H groups in total. The van der Waals surface area contributed by atoms with Gasteiger partial charge in [0.2, 0.25) is 5.91 Å². The zero-order chi connectivity index (χ0) is 11.5. The van der Waals surface area contributed by atoms with Gasteiger partial charge in [-0.1, -0.05) is 13.8 Å². The van der Waals surface area contributed by atoms with E-state index in [1.165, 1.54) is 6.92 Å². The number of carbonyl (C=O) groups is 2. The summed E-state index contributed by atoms with van der Waals surface area (Å²) >= 11 is 1.90. The van der Waals surface area contributed by atoms with Crippen LogP contribution in [0.3, 0.4) is 0 Å². The van der Waals surface area contributed by atoms with Crippen molar-refractivity contribution < 1.29 is 9.59 Å². The molecule has 1 fully saturated rings.